The van der Waals surface area contributed by atoms with Crippen molar-refractivity contribution >= 4 is 42.8 Å². The standard InChI is InChI=1S/C32H42F2N4O8S2/c1-18(2)14-38(48(41,42)22-9-10-23-27(13-22)47-30(36-23)35-19(3)4)15-25(39)24(12-20-7-6-8-21(11-20)43-5)37-31(40)46-26-16-44-29-28(26)32(33,34)17-45-29/h6-11,13,18-19,24-26,28-29,39H,12,14-17H2,1-5H3,(H,35,36)(H,37,40)/t24-,25+,26?,28-,29-/m0/s1. The summed E-state index contributed by atoms with van der Waals surface area (Å²) in [4.78, 5) is 17.7. The van der Waals surface area contributed by atoms with E-state index in [-0.39, 0.29) is 43.0 Å². The molecule has 264 valence electrons. The summed E-state index contributed by atoms with van der Waals surface area (Å²) >= 11 is 1.34. The lowest BCUT2D eigenvalue weighted by atomic mass is 9.99. The maximum absolute atomic E-state index is 14.4. The number of hydrogen-bond donors (Lipinski definition) is 3. The van der Waals surface area contributed by atoms with E-state index in [0.717, 1.165) is 0 Å². The van der Waals surface area contributed by atoms with Crippen LogP contribution in [0.25, 0.3) is 10.2 Å². The maximum atomic E-state index is 14.4. The highest BCUT2D eigenvalue weighted by atomic mass is 32.2. The number of methoxy groups -OCH3 is 1. The van der Waals surface area contributed by atoms with E-state index in [4.69, 9.17) is 18.9 Å². The molecule has 0 aliphatic carbocycles. The van der Waals surface area contributed by atoms with Gasteiger partial charge in [-0.25, -0.2) is 27.0 Å². The Labute approximate surface area is 282 Å². The highest BCUT2D eigenvalue weighted by Crippen LogP contribution is 2.43. The van der Waals surface area contributed by atoms with Gasteiger partial charge in [0.15, 0.2) is 11.4 Å². The SMILES string of the molecule is COc1cccc(C[C@H](NC(=O)OC2CO[C@H]3OCC(F)(F)[C@@H]23)[C@H](O)CN(CC(C)C)S(=O)(=O)c2ccc3nc(NC(C)C)sc3c2)c1. The van der Waals surface area contributed by atoms with Crippen LogP contribution in [-0.2, 0) is 30.7 Å². The number of sulfonamides is 1. The predicted molar refractivity (Wildman–Crippen MR) is 176 cm³/mol. The number of aromatic nitrogens is 1. The third-order valence-electron chi connectivity index (χ3n) is 8.03. The molecule has 2 fully saturated rings. The summed E-state index contributed by atoms with van der Waals surface area (Å²) in [7, 11) is -2.63. The van der Waals surface area contributed by atoms with Gasteiger partial charge in [0.25, 0.3) is 5.92 Å². The van der Waals surface area contributed by atoms with Gasteiger partial charge in [-0.05, 0) is 62.1 Å². The Morgan fingerprint density at radius 3 is 2.65 bits per heavy atom. The molecule has 1 unspecified atom stereocenters. The Kier molecular flexibility index (Phi) is 11.1. The first-order valence-electron chi connectivity index (χ1n) is 15.7. The number of halogens is 2. The van der Waals surface area contributed by atoms with Crippen molar-refractivity contribution in [1.82, 2.24) is 14.6 Å². The number of ether oxygens (including phenoxy) is 4. The molecule has 2 aliphatic rings. The molecule has 0 saturated carbocycles. The van der Waals surface area contributed by atoms with Gasteiger partial charge >= 0.3 is 6.09 Å². The van der Waals surface area contributed by atoms with E-state index in [2.05, 4.69) is 15.6 Å². The second kappa shape index (κ2) is 14.8. The van der Waals surface area contributed by atoms with Crippen LogP contribution in [0.5, 0.6) is 5.75 Å². The van der Waals surface area contributed by atoms with Gasteiger partial charge in [-0.2, -0.15) is 4.31 Å². The average molecular weight is 713 g/mol. The zero-order chi connectivity index (χ0) is 34.8. The monoisotopic (exact) mass is 712 g/mol. The van der Waals surface area contributed by atoms with E-state index < -0.39 is 59.1 Å². The zero-order valence-electron chi connectivity index (χ0n) is 27.4. The molecule has 0 bridgehead atoms. The number of alkyl carbamates (subject to hydrolysis) is 1. The number of aliphatic hydroxyl groups is 1. The fourth-order valence-electron chi connectivity index (χ4n) is 5.79. The second-order valence-corrected chi connectivity index (χ2v) is 15.7. The van der Waals surface area contributed by atoms with Crippen molar-refractivity contribution in [2.75, 3.05) is 38.7 Å². The number of nitrogens with one attached hydrogen (secondary N) is 2. The van der Waals surface area contributed by atoms with Gasteiger partial charge in [0.05, 0.1) is 41.0 Å². The maximum Gasteiger partial charge on any atom is 0.407 e. The molecule has 1 amide bonds. The lowest BCUT2D eigenvalue weighted by molar-refractivity contribution is -0.0953. The summed E-state index contributed by atoms with van der Waals surface area (Å²) in [5, 5.41) is 18.1. The molecule has 5 atom stereocenters. The van der Waals surface area contributed by atoms with Crippen LogP contribution >= 0.6 is 11.3 Å². The predicted octanol–water partition coefficient (Wildman–Crippen LogP) is 4.48. The largest absolute Gasteiger partial charge is 0.497 e. The Hall–Kier alpha value is -3.15. The molecule has 2 aliphatic heterocycles. The van der Waals surface area contributed by atoms with Crippen LogP contribution in [0.3, 0.4) is 0 Å². The number of thiazole rings is 1. The fourth-order valence-corrected chi connectivity index (χ4v) is 8.56. The molecule has 2 aromatic carbocycles. The molecule has 2 saturated heterocycles. The number of aliphatic hydroxyl groups excluding tert-OH is 1. The lowest BCUT2D eigenvalue weighted by Crippen LogP contribution is -2.52. The Morgan fingerprint density at radius 2 is 1.94 bits per heavy atom. The van der Waals surface area contributed by atoms with Gasteiger partial charge in [0, 0.05) is 19.1 Å². The molecule has 0 radical (unpaired) electrons. The van der Waals surface area contributed by atoms with Crippen molar-refractivity contribution in [3.05, 3.63) is 48.0 Å². The number of fused-ring (bicyclic) bond motifs is 2. The average Bonchev–Trinajstić information content (AvgIpc) is 3.70. The van der Waals surface area contributed by atoms with E-state index in [1.54, 1.807) is 36.4 Å². The minimum absolute atomic E-state index is 0.0369. The molecule has 12 nitrogen and oxygen atoms in total. The molecule has 3 heterocycles. The Bertz CT molecular complexity index is 1690. The first kappa shape index (κ1) is 36.1. The highest BCUT2D eigenvalue weighted by Gasteiger charge is 2.60. The summed E-state index contributed by atoms with van der Waals surface area (Å²) in [6, 6.07) is 10.7. The molecule has 16 heteroatoms. The number of hydrogen-bond acceptors (Lipinski definition) is 11. The molecular weight excluding hydrogens is 671 g/mol. The van der Waals surface area contributed by atoms with Gasteiger partial charge < -0.3 is 34.7 Å². The minimum Gasteiger partial charge on any atom is -0.497 e. The summed E-state index contributed by atoms with van der Waals surface area (Å²) < 4.78 is 79.9. The van der Waals surface area contributed by atoms with E-state index >= 15 is 0 Å². The molecule has 1 aromatic heterocycles. The zero-order valence-corrected chi connectivity index (χ0v) is 29.0. The number of amides is 1. The molecule has 3 aromatic rings. The third kappa shape index (κ3) is 8.34. The normalized spacial score (nSPS) is 21.9. The van der Waals surface area contributed by atoms with Crippen LogP contribution in [0.1, 0.15) is 33.3 Å². The van der Waals surface area contributed by atoms with Crippen LogP contribution in [0.15, 0.2) is 47.4 Å². The summed E-state index contributed by atoms with van der Waals surface area (Å²) in [6.07, 6.45) is -4.91. The minimum atomic E-state index is -4.13. The lowest BCUT2D eigenvalue weighted by Gasteiger charge is -2.31. The number of nitrogens with zero attached hydrogens (tertiary/aromatic N) is 2. The van der Waals surface area contributed by atoms with Crippen molar-refractivity contribution in [3.8, 4) is 5.75 Å². The van der Waals surface area contributed by atoms with Crippen LogP contribution in [0, 0.1) is 11.8 Å². The quantitative estimate of drug-likeness (QED) is 0.219. The fraction of sp³-hybridized carbons (Fsp3) is 0.562. The van der Waals surface area contributed by atoms with Gasteiger partial charge in [-0.1, -0.05) is 37.3 Å². The van der Waals surface area contributed by atoms with E-state index in [0.29, 0.717) is 26.7 Å². The van der Waals surface area contributed by atoms with Crippen LogP contribution in [0.4, 0.5) is 18.7 Å². The van der Waals surface area contributed by atoms with E-state index in [1.165, 1.54) is 28.8 Å². The van der Waals surface area contributed by atoms with Crippen molar-refractivity contribution in [2.24, 2.45) is 11.8 Å². The number of anilines is 1. The van der Waals surface area contributed by atoms with Crippen molar-refractivity contribution in [1.29, 1.82) is 0 Å². The van der Waals surface area contributed by atoms with Crippen molar-refractivity contribution in [3.63, 3.8) is 0 Å². The topological polar surface area (TPSA) is 149 Å². The second-order valence-electron chi connectivity index (χ2n) is 12.8. The van der Waals surface area contributed by atoms with E-state index in [9.17, 15) is 27.1 Å². The van der Waals surface area contributed by atoms with Crippen molar-refractivity contribution < 1.29 is 46.0 Å². The summed E-state index contributed by atoms with van der Waals surface area (Å²) in [5.74, 6) is -4.28. The molecular formula is C32H42F2N4O8S2. The Balaban J connectivity index is 1.38. The smallest absolute Gasteiger partial charge is 0.407 e. The molecule has 5 rings (SSSR count). The van der Waals surface area contributed by atoms with Crippen LogP contribution in [-0.4, -0.2) is 98.8 Å². The van der Waals surface area contributed by atoms with Crippen LogP contribution < -0.4 is 15.4 Å². The van der Waals surface area contributed by atoms with Gasteiger partial charge in [0.1, 0.15) is 24.4 Å². The number of carbonyl (C=O) groups is 1. The number of rotatable bonds is 14. The molecule has 48 heavy (non-hydrogen) atoms. The first-order valence-corrected chi connectivity index (χ1v) is 18.0. The number of carbonyl (C=O) groups excluding carboxylic acids is 1. The first-order chi connectivity index (χ1) is 22.7. The van der Waals surface area contributed by atoms with Gasteiger partial charge in [-0.15, -0.1) is 0 Å². The third-order valence-corrected chi connectivity index (χ3v) is 10.8. The summed E-state index contributed by atoms with van der Waals surface area (Å²) in [5.41, 5.74) is 1.32. The highest BCUT2D eigenvalue weighted by molar-refractivity contribution is 7.89. The molecule has 3 N–H and O–H groups in total. The molecule has 0 spiro atoms. The van der Waals surface area contributed by atoms with E-state index in [1.807, 2.05) is 27.7 Å². The van der Waals surface area contributed by atoms with Crippen LogP contribution in [0.2, 0.25) is 0 Å². The van der Waals surface area contributed by atoms with Gasteiger partial charge in [-0.3, -0.25) is 0 Å². The van der Waals surface area contributed by atoms with Crippen molar-refractivity contribution in [2.45, 2.75) is 75.5 Å². The van der Waals surface area contributed by atoms with Gasteiger partial charge in [0.2, 0.25) is 10.0 Å². The number of alkyl halides is 2. The summed E-state index contributed by atoms with van der Waals surface area (Å²) in [6.45, 7) is 6.26. The Morgan fingerprint density at radius 1 is 1.17 bits per heavy atom. The number of benzene rings is 2.